The van der Waals surface area contributed by atoms with Gasteiger partial charge in [0.2, 0.25) is 15.9 Å². The number of hydrogen-bond acceptors (Lipinski definition) is 9. The predicted octanol–water partition coefficient (Wildman–Crippen LogP) is 1.45. The molecule has 31 heavy (non-hydrogen) atoms. The maximum absolute atomic E-state index is 13.4. The Morgan fingerprint density at radius 1 is 1.35 bits per heavy atom. The number of aromatic nitrogens is 2. The van der Waals surface area contributed by atoms with Gasteiger partial charge in [-0.3, -0.25) is 4.79 Å². The highest BCUT2D eigenvalue weighted by atomic mass is 32.2. The minimum absolute atomic E-state index is 0.0484. The van der Waals surface area contributed by atoms with E-state index in [4.69, 9.17) is 5.14 Å². The number of carbonyl (C=O) groups is 1. The van der Waals surface area contributed by atoms with Crippen LogP contribution in [-0.2, 0) is 21.2 Å². The number of oxime groups is 1. The first-order valence-corrected chi connectivity index (χ1v) is 11.3. The van der Waals surface area contributed by atoms with Crippen LogP contribution in [-0.4, -0.2) is 53.6 Å². The van der Waals surface area contributed by atoms with E-state index < -0.39 is 39.5 Å². The zero-order valence-corrected chi connectivity index (χ0v) is 17.4. The third kappa shape index (κ3) is 7.84. The minimum atomic E-state index is -3.74. The Labute approximate surface area is 179 Å². The van der Waals surface area contributed by atoms with E-state index in [1.807, 2.05) is 0 Å². The lowest BCUT2D eigenvalue weighted by molar-refractivity contribution is -0.120. The van der Waals surface area contributed by atoms with E-state index >= 15 is 0 Å². The summed E-state index contributed by atoms with van der Waals surface area (Å²) in [4.78, 5) is 11.6. The fourth-order valence-electron chi connectivity index (χ4n) is 2.34. The van der Waals surface area contributed by atoms with Crippen LogP contribution in [0.15, 0.2) is 33.0 Å². The summed E-state index contributed by atoms with van der Waals surface area (Å²) in [5, 5.41) is 27.3. The minimum Gasteiger partial charge on any atom is -0.411 e. The molecule has 0 fully saturated rings. The van der Waals surface area contributed by atoms with Gasteiger partial charge < -0.3 is 10.5 Å². The van der Waals surface area contributed by atoms with Gasteiger partial charge in [0.1, 0.15) is 11.5 Å². The Hall–Kier alpha value is -2.65. The normalized spacial score (nSPS) is 12.4. The second kappa shape index (κ2) is 11.1. The van der Waals surface area contributed by atoms with Crippen LogP contribution in [0.4, 0.5) is 13.2 Å². The standard InChI is InChI=1S/C16H18F3N5O5S2/c17-11-2-1-9(7-10(11)15(18)19)8-12(22-26)14-16(24-29-23-14)30-5-4-21-13(25)3-6-31(20,27)28/h1-2,7,15,26H,3-6,8H2,(H,21,25)(H2,20,27,28). The monoisotopic (exact) mass is 481 g/mol. The fourth-order valence-corrected chi connectivity index (χ4v) is 3.59. The molecule has 0 radical (unpaired) electrons. The van der Waals surface area contributed by atoms with Gasteiger partial charge in [0, 0.05) is 25.1 Å². The van der Waals surface area contributed by atoms with E-state index in [0.717, 1.165) is 23.9 Å². The zero-order chi connectivity index (χ0) is 23.0. The van der Waals surface area contributed by atoms with Gasteiger partial charge in [0.15, 0.2) is 10.7 Å². The van der Waals surface area contributed by atoms with Crippen molar-refractivity contribution in [3.8, 4) is 0 Å². The summed E-state index contributed by atoms with van der Waals surface area (Å²) in [5.41, 5.74) is -0.518. The molecule has 2 aromatic rings. The third-order valence-electron chi connectivity index (χ3n) is 3.80. The average Bonchev–Trinajstić information content (AvgIpc) is 3.16. The lowest BCUT2D eigenvalue weighted by Crippen LogP contribution is -2.29. The molecular weight excluding hydrogens is 463 g/mol. The molecule has 0 aliphatic rings. The number of nitrogens with two attached hydrogens (primary N) is 1. The molecule has 0 saturated heterocycles. The Morgan fingerprint density at radius 2 is 2.10 bits per heavy atom. The van der Waals surface area contributed by atoms with Crippen LogP contribution in [0, 0.1) is 5.82 Å². The highest BCUT2D eigenvalue weighted by Gasteiger charge is 2.20. The molecule has 10 nitrogen and oxygen atoms in total. The van der Waals surface area contributed by atoms with E-state index in [1.54, 1.807) is 0 Å². The van der Waals surface area contributed by atoms with E-state index in [9.17, 15) is 31.6 Å². The largest absolute Gasteiger partial charge is 0.411 e. The predicted molar refractivity (Wildman–Crippen MR) is 104 cm³/mol. The van der Waals surface area contributed by atoms with Gasteiger partial charge in [0.25, 0.3) is 6.43 Å². The maximum atomic E-state index is 13.4. The Balaban J connectivity index is 1.95. The van der Waals surface area contributed by atoms with E-state index in [-0.39, 0.29) is 47.1 Å². The van der Waals surface area contributed by atoms with Crippen molar-refractivity contribution < 1.29 is 36.2 Å². The number of nitrogens with zero attached hydrogens (tertiary/aromatic N) is 3. The number of benzene rings is 1. The van der Waals surface area contributed by atoms with Gasteiger partial charge in [-0.15, -0.1) is 0 Å². The van der Waals surface area contributed by atoms with Crippen LogP contribution in [0.25, 0.3) is 0 Å². The van der Waals surface area contributed by atoms with Gasteiger partial charge in [-0.05, 0) is 28.0 Å². The van der Waals surface area contributed by atoms with Gasteiger partial charge >= 0.3 is 0 Å². The first-order valence-electron chi connectivity index (χ1n) is 8.61. The van der Waals surface area contributed by atoms with Crippen LogP contribution in [0.3, 0.4) is 0 Å². The highest BCUT2D eigenvalue weighted by molar-refractivity contribution is 7.99. The van der Waals surface area contributed by atoms with Crippen molar-refractivity contribution in [1.82, 2.24) is 15.6 Å². The summed E-state index contributed by atoms with van der Waals surface area (Å²) in [6, 6.07) is 3.12. The summed E-state index contributed by atoms with van der Waals surface area (Å²) < 4.78 is 65.5. The van der Waals surface area contributed by atoms with Crippen molar-refractivity contribution in [3.05, 3.63) is 40.8 Å². The van der Waals surface area contributed by atoms with Gasteiger partial charge in [0.05, 0.1) is 11.3 Å². The molecule has 0 aliphatic heterocycles. The molecule has 0 saturated carbocycles. The number of primary sulfonamides is 1. The lowest BCUT2D eigenvalue weighted by atomic mass is 10.0. The van der Waals surface area contributed by atoms with Crippen LogP contribution in [0.1, 0.15) is 29.7 Å². The highest BCUT2D eigenvalue weighted by Crippen LogP contribution is 2.25. The molecule has 0 aliphatic carbocycles. The van der Waals surface area contributed by atoms with Crippen molar-refractivity contribution in [1.29, 1.82) is 0 Å². The van der Waals surface area contributed by atoms with Gasteiger partial charge in [-0.2, -0.15) is 0 Å². The maximum Gasteiger partial charge on any atom is 0.266 e. The molecule has 0 unspecified atom stereocenters. The summed E-state index contributed by atoms with van der Waals surface area (Å²) in [5.74, 6) is -1.74. The molecule has 1 amide bonds. The van der Waals surface area contributed by atoms with Crippen LogP contribution < -0.4 is 10.5 Å². The van der Waals surface area contributed by atoms with Gasteiger partial charge in [-0.1, -0.05) is 23.0 Å². The molecule has 1 aromatic carbocycles. The molecule has 170 valence electrons. The average molecular weight is 481 g/mol. The Bertz CT molecular complexity index is 1050. The molecule has 15 heteroatoms. The van der Waals surface area contributed by atoms with Crippen LogP contribution in [0.5, 0.6) is 0 Å². The Kier molecular flexibility index (Phi) is 8.82. The Morgan fingerprint density at radius 3 is 2.74 bits per heavy atom. The van der Waals surface area contributed by atoms with Crippen molar-refractivity contribution in [2.45, 2.75) is 24.3 Å². The number of nitrogens with one attached hydrogen (secondary N) is 1. The number of hydrogen-bond donors (Lipinski definition) is 3. The number of amides is 1. The summed E-state index contributed by atoms with van der Waals surface area (Å²) in [7, 11) is -3.74. The van der Waals surface area contributed by atoms with Crippen molar-refractivity contribution in [2.75, 3.05) is 18.1 Å². The quantitative estimate of drug-likeness (QED) is 0.143. The second-order valence-electron chi connectivity index (χ2n) is 6.11. The molecule has 1 heterocycles. The van der Waals surface area contributed by atoms with Crippen LogP contribution >= 0.6 is 11.8 Å². The summed E-state index contributed by atoms with van der Waals surface area (Å²) >= 11 is 1.09. The SMILES string of the molecule is NS(=O)(=O)CCC(=O)NCCSc1nonc1C(Cc1ccc(F)c(C(F)F)c1)=NO. The molecular formula is C16H18F3N5O5S2. The summed E-state index contributed by atoms with van der Waals surface area (Å²) in [6.45, 7) is 0.154. The van der Waals surface area contributed by atoms with E-state index in [1.165, 1.54) is 6.07 Å². The summed E-state index contributed by atoms with van der Waals surface area (Å²) in [6.07, 6.45) is -3.43. The van der Waals surface area contributed by atoms with Crippen molar-refractivity contribution >= 4 is 33.4 Å². The van der Waals surface area contributed by atoms with E-state index in [0.29, 0.717) is 0 Å². The first-order chi connectivity index (χ1) is 14.6. The first kappa shape index (κ1) is 24.6. The number of rotatable bonds is 11. The molecule has 1 aromatic heterocycles. The third-order valence-corrected chi connectivity index (χ3v) is 5.52. The zero-order valence-electron chi connectivity index (χ0n) is 15.8. The smallest absolute Gasteiger partial charge is 0.266 e. The van der Waals surface area contributed by atoms with Crippen LogP contribution in [0.2, 0.25) is 0 Å². The van der Waals surface area contributed by atoms with Crippen molar-refractivity contribution in [3.63, 3.8) is 0 Å². The molecule has 0 bridgehead atoms. The fraction of sp³-hybridized carbons (Fsp3) is 0.375. The number of halogens is 3. The molecule has 2 rings (SSSR count). The molecule has 4 N–H and O–H groups in total. The van der Waals surface area contributed by atoms with E-state index in [2.05, 4.69) is 25.4 Å². The molecule has 0 spiro atoms. The van der Waals surface area contributed by atoms with Gasteiger partial charge in [-0.25, -0.2) is 31.4 Å². The topological polar surface area (TPSA) is 161 Å². The number of thioether (sulfide) groups is 1. The lowest BCUT2D eigenvalue weighted by Gasteiger charge is -2.07. The number of alkyl halides is 2. The number of sulfonamides is 1. The number of carbonyl (C=O) groups excluding carboxylic acids is 1. The second-order valence-corrected chi connectivity index (χ2v) is 8.93. The van der Waals surface area contributed by atoms with Crippen molar-refractivity contribution in [2.24, 2.45) is 10.3 Å². The molecule has 0 atom stereocenters.